The summed E-state index contributed by atoms with van der Waals surface area (Å²) in [4.78, 5) is 29.1. The molecule has 0 bridgehead atoms. The molecular weight excluding hydrogens is 534 g/mol. The van der Waals surface area contributed by atoms with Gasteiger partial charge in [-0.05, 0) is 65.4 Å². The minimum atomic E-state index is 0.0734. The maximum atomic E-state index is 12.8. The summed E-state index contributed by atoms with van der Waals surface area (Å²) in [5.74, 6) is 1.45. The minimum Gasteiger partial charge on any atom is -0.379 e. The van der Waals surface area contributed by atoms with Crippen molar-refractivity contribution in [2.45, 2.75) is 25.7 Å². The zero-order valence-corrected chi connectivity index (χ0v) is 22.2. The van der Waals surface area contributed by atoms with Crippen molar-refractivity contribution in [1.29, 1.82) is 0 Å². The van der Waals surface area contributed by atoms with Gasteiger partial charge in [-0.25, -0.2) is 14.6 Å². The van der Waals surface area contributed by atoms with Crippen LogP contribution in [-0.4, -0.2) is 74.9 Å². The molecule has 1 N–H and O–H groups in total. The predicted octanol–water partition coefficient (Wildman–Crippen LogP) is 3.53. The Hall–Kier alpha value is -2.95. The van der Waals surface area contributed by atoms with E-state index in [2.05, 4.69) is 47.3 Å². The molecule has 1 aliphatic carbocycles. The first kappa shape index (κ1) is 24.4. The molecule has 192 valence electrons. The number of morpholine rings is 1. The third-order valence-electron chi connectivity index (χ3n) is 7.47. The number of rotatable bonds is 7. The summed E-state index contributed by atoms with van der Waals surface area (Å²) in [5.41, 5.74) is 2.64. The highest BCUT2D eigenvalue weighted by Gasteiger charge is 2.30. The Morgan fingerprint density at radius 3 is 2.95 bits per heavy atom. The number of fused-ring (bicyclic) bond motifs is 2. The van der Waals surface area contributed by atoms with Crippen LogP contribution >= 0.6 is 15.9 Å². The van der Waals surface area contributed by atoms with Crippen LogP contribution in [0.15, 0.2) is 47.3 Å². The standard InChI is InChI=1S/C27H30BrN7O2/c28-25-22-17-31-24(32-26(22)35(33-25)21-5-6-23-19(16-21)2-1-7-29-23)15-18-3-4-20(14-18)27(36)30-8-9-34-10-12-37-13-11-34/h1-2,5-7,16-18,20H,3-4,8-15H2,(H,30,36)/t18-,20-/m1/s1. The van der Waals surface area contributed by atoms with Gasteiger partial charge in [0, 0.05) is 56.3 Å². The Bertz CT molecular complexity index is 1420. The van der Waals surface area contributed by atoms with Gasteiger partial charge < -0.3 is 10.1 Å². The third-order valence-corrected chi connectivity index (χ3v) is 8.06. The monoisotopic (exact) mass is 563 g/mol. The SMILES string of the molecule is O=C(NCCN1CCOCC1)[C@@H]1CC[C@@H](Cc2ncc3c(Br)nn(-c4ccc5ncccc5c4)c3n2)C1. The highest BCUT2D eigenvalue weighted by Crippen LogP contribution is 2.33. The van der Waals surface area contributed by atoms with Gasteiger partial charge in [-0.3, -0.25) is 14.7 Å². The molecule has 4 heterocycles. The molecule has 0 radical (unpaired) electrons. The number of amides is 1. The van der Waals surface area contributed by atoms with Crippen molar-refractivity contribution in [3.63, 3.8) is 0 Å². The number of nitrogens with one attached hydrogen (secondary N) is 1. The topological polar surface area (TPSA) is 98.1 Å². The van der Waals surface area contributed by atoms with Crippen LogP contribution in [0.2, 0.25) is 0 Å². The fraction of sp³-hybridized carbons (Fsp3) is 0.444. The van der Waals surface area contributed by atoms with Crippen LogP contribution in [0.4, 0.5) is 0 Å². The lowest BCUT2D eigenvalue weighted by molar-refractivity contribution is -0.125. The zero-order valence-electron chi connectivity index (χ0n) is 20.6. The largest absolute Gasteiger partial charge is 0.379 e. The van der Waals surface area contributed by atoms with Gasteiger partial charge in [0.25, 0.3) is 0 Å². The minimum absolute atomic E-state index is 0.0734. The van der Waals surface area contributed by atoms with Gasteiger partial charge >= 0.3 is 0 Å². The van der Waals surface area contributed by atoms with Crippen molar-refractivity contribution in [2.24, 2.45) is 11.8 Å². The predicted molar refractivity (Wildman–Crippen MR) is 144 cm³/mol. The quantitative estimate of drug-likeness (QED) is 0.367. The Labute approximate surface area is 223 Å². The van der Waals surface area contributed by atoms with Crippen LogP contribution < -0.4 is 5.32 Å². The van der Waals surface area contributed by atoms with Gasteiger partial charge in [-0.15, -0.1) is 0 Å². The Kier molecular flexibility index (Phi) is 7.12. The van der Waals surface area contributed by atoms with E-state index in [1.165, 1.54) is 0 Å². The highest BCUT2D eigenvalue weighted by molar-refractivity contribution is 9.10. The Morgan fingerprint density at radius 2 is 2.05 bits per heavy atom. The third kappa shape index (κ3) is 5.37. The molecule has 9 nitrogen and oxygen atoms in total. The number of carbonyl (C=O) groups excluding carboxylic acids is 1. The lowest BCUT2D eigenvalue weighted by Crippen LogP contribution is -2.42. The maximum Gasteiger partial charge on any atom is 0.223 e. The summed E-state index contributed by atoms with van der Waals surface area (Å²) < 4.78 is 7.96. The van der Waals surface area contributed by atoms with Gasteiger partial charge in [-0.1, -0.05) is 6.07 Å². The lowest BCUT2D eigenvalue weighted by atomic mass is 10.0. The molecule has 2 atom stereocenters. The van der Waals surface area contributed by atoms with Gasteiger partial charge in [0.2, 0.25) is 5.91 Å². The molecule has 10 heteroatoms. The number of carbonyl (C=O) groups is 1. The van der Waals surface area contributed by atoms with E-state index in [-0.39, 0.29) is 11.8 Å². The van der Waals surface area contributed by atoms with Crippen LogP contribution in [0.5, 0.6) is 0 Å². The molecule has 1 saturated heterocycles. The fourth-order valence-electron chi connectivity index (χ4n) is 5.44. The molecule has 4 aromatic rings. The molecule has 2 fully saturated rings. The first-order valence-electron chi connectivity index (χ1n) is 13.0. The van der Waals surface area contributed by atoms with E-state index in [0.29, 0.717) is 12.5 Å². The van der Waals surface area contributed by atoms with Crippen LogP contribution in [0.25, 0.3) is 27.6 Å². The average Bonchev–Trinajstić information content (AvgIpc) is 3.53. The van der Waals surface area contributed by atoms with Crippen LogP contribution in [0.1, 0.15) is 25.1 Å². The fourth-order valence-corrected chi connectivity index (χ4v) is 5.88. The summed E-state index contributed by atoms with van der Waals surface area (Å²) in [5, 5.41) is 9.76. The van der Waals surface area contributed by atoms with Crippen molar-refractivity contribution in [3.05, 3.63) is 53.2 Å². The van der Waals surface area contributed by atoms with Crippen molar-refractivity contribution in [3.8, 4) is 5.69 Å². The molecule has 0 unspecified atom stereocenters. The summed E-state index contributed by atoms with van der Waals surface area (Å²) in [7, 11) is 0. The maximum absolute atomic E-state index is 12.8. The van der Waals surface area contributed by atoms with Gasteiger partial charge in [-0.2, -0.15) is 5.10 Å². The van der Waals surface area contributed by atoms with Crippen molar-refractivity contribution >= 4 is 43.8 Å². The summed E-state index contributed by atoms with van der Waals surface area (Å²) in [6.45, 7) is 5.03. The normalized spacial score (nSPS) is 20.6. The first-order valence-corrected chi connectivity index (χ1v) is 13.8. The number of aromatic nitrogens is 5. The van der Waals surface area contributed by atoms with Crippen LogP contribution in [0, 0.1) is 11.8 Å². The smallest absolute Gasteiger partial charge is 0.223 e. The van der Waals surface area contributed by atoms with Gasteiger partial charge in [0.15, 0.2) is 5.65 Å². The van der Waals surface area contributed by atoms with E-state index < -0.39 is 0 Å². The zero-order chi connectivity index (χ0) is 25.2. The average molecular weight is 564 g/mol. The number of benzene rings is 1. The second-order valence-corrected chi connectivity index (χ2v) is 10.7. The van der Waals surface area contributed by atoms with Gasteiger partial charge in [0.05, 0.1) is 29.8 Å². The number of hydrogen-bond donors (Lipinski definition) is 1. The first-order chi connectivity index (χ1) is 18.1. The molecule has 37 heavy (non-hydrogen) atoms. The molecule has 1 aromatic carbocycles. The van der Waals surface area contributed by atoms with E-state index in [0.717, 1.165) is 96.6 Å². The molecular formula is C27H30BrN7O2. The summed E-state index contributed by atoms with van der Waals surface area (Å²) in [6.07, 6.45) is 7.22. The molecule has 1 saturated carbocycles. The van der Waals surface area contributed by atoms with Gasteiger partial charge in [0.1, 0.15) is 10.4 Å². The second kappa shape index (κ2) is 10.8. The van der Waals surface area contributed by atoms with E-state index in [4.69, 9.17) is 9.72 Å². The van der Waals surface area contributed by atoms with E-state index in [1.54, 1.807) is 6.20 Å². The molecule has 0 spiro atoms. The number of pyridine rings is 1. The van der Waals surface area contributed by atoms with E-state index in [1.807, 2.05) is 35.1 Å². The number of halogens is 1. The number of nitrogens with zero attached hydrogens (tertiary/aromatic N) is 6. The molecule has 1 aliphatic heterocycles. The Balaban J connectivity index is 1.11. The van der Waals surface area contributed by atoms with Crippen LogP contribution in [-0.2, 0) is 16.0 Å². The van der Waals surface area contributed by atoms with E-state index >= 15 is 0 Å². The lowest BCUT2D eigenvalue weighted by Gasteiger charge is -2.26. The second-order valence-electron chi connectivity index (χ2n) is 9.93. The highest BCUT2D eigenvalue weighted by atomic mass is 79.9. The van der Waals surface area contributed by atoms with Crippen molar-refractivity contribution in [1.82, 2.24) is 34.9 Å². The molecule has 6 rings (SSSR count). The summed E-state index contributed by atoms with van der Waals surface area (Å²) in [6, 6.07) is 10.1. The molecule has 2 aliphatic rings. The number of hydrogen-bond acceptors (Lipinski definition) is 7. The molecule has 3 aromatic heterocycles. The van der Waals surface area contributed by atoms with Crippen LogP contribution in [0.3, 0.4) is 0 Å². The summed E-state index contributed by atoms with van der Waals surface area (Å²) >= 11 is 3.57. The van der Waals surface area contributed by atoms with Crippen molar-refractivity contribution < 1.29 is 9.53 Å². The number of ether oxygens (including phenoxy) is 1. The molecule has 1 amide bonds. The van der Waals surface area contributed by atoms with Crippen molar-refractivity contribution in [2.75, 3.05) is 39.4 Å². The van der Waals surface area contributed by atoms with E-state index in [9.17, 15) is 4.79 Å². The Morgan fingerprint density at radius 1 is 1.16 bits per heavy atom.